The van der Waals surface area contributed by atoms with E-state index in [0.717, 1.165) is 69.4 Å². The number of phenols is 1. The van der Waals surface area contributed by atoms with Crippen molar-refractivity contribution in [2.75, 3.05) is 42.5 Å². The molecule has 9 rings (SSSR count). The molecule has 4 amide bonds. The number of rotatable bonds is 7. The number of hydrogen-bond donors (Lipinski definition) is 2. The zero-order valence-electron chi connectivity index (χ0n) is 33.1. The van der Waals surface area contributed by atoms with Crippen molar-refractivity contribution >= 4 is 35.0 Å². The van der Waals surface area contributed by atoms with Gasteiger partial charge in [-0.1, -0.05) is 48.5 Å². The average Bonchev–Trinajstić information content (AvgIpc) is 3.45. The number of fused-ring (bicyclic) bond motifs is 2. The topological polar surface area (TPSA) is 114 Å². The summed E-state index contributed by atoms with van der Waals surface area (Å²) in [7, 11) is 0. The minimum atomic E-state index is -1.10. The number of amides is 4. The molecule has 58 heavy (non-hydrogen) atoms. The van der Waals surface area contributed by atoms with Gasteiger partial charge in [-0.3, -0.25) is 34.3 Å². The maximum atomic E-state index is 15.8. The maximum absolute atomic E-state index is 15.8. The third-order valence-electron chi connectivity index (χ3n) is 13.3. The molecule has 0 saturated carbocycles. The molecule has 0 aromatic heterocycles. The number of anilines is 2. The molecule has 1 aliphatic carbocycles. The Morgan fingerprint density at radius 2 is 1.45 bits per heavy atom. The van der Waals surface area contributed by atoms with Crippen LogP contribution >= 0.6 is 0 Å². The van der Waals surface area contributed by atoms with Crippen LogP contribution in [0.25, 0.3) is 0 Å². The highest BCUT2D eigenvalue weighted by Crippen LogP contribution is 2.47. The lowest BCUT2D eigenvalue weighted by Crippen LogP contribution is -2.58. The summed E-state index contributed by atoms with van der Waals surface area (Å²) in [5.41, 5.74) is 6.76. The van der Waals surface area contributed by atoms with E-state index in [2.05, 4.69) is 89.6 Å². The molecule has 3 fully saturated rings. The van der Waals surface area contributed by atoms with Gasteiger partial charge in [-0.05, 0) is 116 Å². The van der Waals surface area contributed by atoms with Crippen LogP contribution < -0.4 is 15.1 Å². The molecule has 5 atom stereocenters. The minimum absolute atomic E-state index is 0.0244. The Hall–Kier alpha value is -5.55. The van der Waals surface area contributed by atoms with E-state index in [1.165, 1.54) is 34.0 Å². The fourth-order valence-corrected chi connectivity index (χ4v) is 10.6. The third-order valence-corrected chi connectivity index (χ3v) is 13.3. The van der Waals surface area contributed by atoms with Crippen molar-refractivity contribution in [3.8, 4) is 5.75 Å². The zero-order valence-corrected chi connectivity index (χ0v) is 33.1. The summed E-state index contributed by atoms with van der Waals surface area (Å²) < 4.78 is 15.8. The van der Waals surface area contributed by atoms with Gasteiger partial charge < -0.3 is 14.9 Å². The molecule has 3 unspecified atom stereocenters. The summed E-state index contributed by atoms with van der Waals surface area (Å²) in [6.07, 6.45) is 4.23. The highest BCUT2D eigenvalue weighted by Gasteiger charge is 2.46. The highest BCUT2D eigenvalue weighted by atomic mass is 19.1. The number of carbonyl (C=O) groups excluding carboxylic acids is 4. The van der Waals surface area contributed by atoms with Gasteiger partial charge in [-0.2, -0.15) is 0 Å². The molecule has 2 N–H and O–H groups in total. The van der Waals surface area contributed by atoms with E-state index < -0.39 is 35.5 Å². The van der Waals surface area contributed by atoms with Crippen LogP contribution in [0.4, 0.5) is 15.8 Å². The van der Waals surface area contributed by atoms with Crippen molar-refractivity contribution < 1.29 is 28.7 Å². The quantitative estimate of drug-likeness (QED) is 0.202. The monoisotopic (exact) mass is 783 g/mol. The first-order chi connectivity index (χ1) is 28.0. The van der Waals surface area contributed by atoms with Gasteiger partial charge in [0.05, 0.1) is 16.8 Å². The molecule has 3 saturated heterocycles. The summed E-state index contributed by atoms with van der Waals surface area (Å²) in [6.45, 7) is 8.56. The van der Waals surface area contributed by atoms with E-state index >= 15 is 4.39 Å². The van der Waals surface area contributed by atoms with Gasteiger partial charge >= 0.3 is 0 Å². The van der Waals surface area contributed by atoms with Crippen LogP contribution in [0.1, 0.15) is 101 Å². The molecular weight excluding hydrogens is 734 g/mol. The first-order valence-electron chi connectivity index (χ1n) is 20.8. The zero-order chi connectivity index (χ0) is 40.2. The summed E-state index contributed by atoms with van der Waals surface area (Å²) in [5.74, 6) is -1.59. The Kier molecular flexibility index (Phi) is 10.0. The normalized spacial score (nSPS) is 25.5. The molecule has 300 valence electrons. The molecule has 4 aliphatic heterocycles. The highest BCUT2D eigenvalue weighted by molar-refractivity contribution is 6.23. The van der Waals surface area contributed by atoms with Gasteiger partial charge in [0.2, 0.25) is 11.8 Å². The lowest BCUT2D eigenvalue weighted by molar-refractivity contribution is -0.136. The van der Waals surface area contributed by atoms with E-state index in [4.69, 9.17) is 0 Å². The molecule has 0 bridgehead atoms. The van der Waals surface area contributed by atoms with Crippen molar-refractivity contribution in [3.05, 3.63) is 124 Å². The van der Waals surface area contributed by atoms with E-state index in [1.54, 1.807) is 0 Å². The van der Waals surface area contributed by atoms with Crippen molar-refractivity contribution in [1.29, 1.82) is 0 Å². The van der Waals surface area contributed by atoms with Crippen LogP contribution in [0.2, 0.25) is 0 Å². The van der Waals surface area contributed by atoms with Gasteiger partial charge in [0.25, 0.3) is 11.8 Å². The van der Waals surface area contributed by atoms with E-state index in [9.17, 15) is 24.3 Å². The predicted octanol–water partition coefficient (Wildman–Crippen LogP) is 6.61. The number of nitrogens with zero attached hydrogens (tertiary/aromatic N) is 4. The number of aromatic hydroxyl groups is 1. The third kappa shape index (κ3) is 6.93. The number of carbonyl (C=O) groups is 4. The fourth-order valence-electron chi connectivity index (χ4n) is 10.6. The summed E-state index contributed by atoms with van der Waals surface area (Å²) >= 11 is 0. The molecule has 0 radical (unpaired) electrons. The molecule has 4 heterocycles. The van der Waals surface area contributed by atoms with E-state index in [1.807, 2.05) is 17.0 Å². The van der Waals surface area contributed by atoms with Gasteiger partial charge in [0.15, 0.2) is 0 Å². The minimum Gasteiger partial charge on any atom is -0.508 e. The van der Waals surface area contributed by atoms with Crippen LogP contribution in [0.15, 0.2) is 84.9 Å². The number of nitrogens with one attached hydrogen (secondary N) is 1. The van der Waals surface area contributed by atoms with Crippen LogP contribution in [0.5, 0.6) is 5.75 Å². The van der Waals surface area contributed by atoms with Gasteiger partial charge in [-0.15, -0.1) is 0 Å². The lowest BCUT2D eigenvalue weighted by Gasteiger charge is -2.47. The number of hydrogen-bond acceptors (Lipinski definition) is 8. The van der Waals surface area contributed by atoms with E-state index in [0.29, 0.717) is 17.6 Å². The Morgan fingerprint density at radius 3 is 2.14 bits per heavy atom. The largest absolute Gasteiger partial charge is 0.508 e. The Morgan fingerprint density at radius 1 is 0.759 bits per heavy atom. The van der Waals surface area contributed by atoms with E-state index in [-0.39, 0.29) is 47.7 Å². The first-order valence-corrected chi connectivity index (χ1v) is 20.8. The lowest BCUT2D eigenvalue weighted by atomic mass is 9.69. The van der Waals surface area contributed by atoms with Crippen molar-refractivity contribution in [2.24, 2.45) is 5.92 Å². The standard InChI is InChI=1S/C47H50FN5O5/c1-28-25-50(26-29(2)52(28)42-24-39-38(23-40(42)48)46(57)53(47(39)58)41-16-17-43(55)49-45(41)56)27-30-18-20-51(21-19-30)34-11-8-32(9-12-34)44-36(31-6-4-3-5-7-31)14-10-33-22-35(54)13-15-37(33)44/h3-9,11-13,15,22-24,28-30,36,41,44,54H,10,14,16-21,25-27H2,1-2H3,(H,49,55,56)/t28?,29?,36-,41?,44+/m1/s1. The van der Waals surface area contributed by atoms with Crippen molar-refractivity contribution in [2.45, 2.75) is 82.3 Å². The Balaban J connectivity index is 0.827. The predicted molar refractivity (Wildman–Crippen MR) is 220 cm³/mol. The van der Waals surface area contributed by atoms with Gasteiger partial charge in [-0.25, -0.2) is 4.39 Å². The molecule has 10 nitrogen and oxygen atoms in total. The first kappa shape index (κ1) is 38.0. The molecule has 4 aromatic rings. The Bertz CT molecular complexity index is 2250. The average molecular weight is 784 g/mol. The molecule has 0 spiro atoms. The number of piperidine rings is 2. The summed E-state index contributed by atoms with van der Waals surface area (Å²) in [6, 6.07) is 27.3. The smallest absolute Gasteiger partial charge is 0.262 e. The summed E-state index contributed by atoms with van der Waals surface area (Å²) in [4.78, 5) is 58.8. The number of phenolic OH excluding ortho intramolecular Hbond substituents is 1. The number of benzene rings is 4. The van der Waals surface area contributed by atoms with Gasteiger partial charge in [0.1, 0.15) is 17.6 Å². The maximum Gasteiger partial charge on any atom is 0.262 e. The fraction of sp³-hybridized carbons (Fsp3) is 0.404. The van der Waals surface area contributed by atoms with Crippen molar-refractivity contribution in [1.82, 2.24) is 15.1 Å². The second-order valence-corrected chi connectivity index (χ2v) is 17.1. The Labute approximate surface area is 338 Å². The van der Waals surface area contributed by atoms with Crippen LogP contribution in [0, 0.1) is 11.7 Å². The van der Waals surface area contributed by atoms with Crippen LogP contribution in [0.3, 0.4) is 0 Å². The molecule has 11 heteroatoms. The molecular formula is C47H50FN5O5. The summed E-state index contributed by atoms with van der Waals surface area (Å²) in [5, 5.41) is 12.4. The SMILES string of the molecule is CC1CN(CC2CCN(c3ccc([C@@H]4c5ccc(O)cc5CC[C@@H]4c4ccccc4)cc3)CC2)CC(C)N1c1cc2c(cc1F)C(=O)N(C1CCC(=O)NC1=O)C2=O. The number of aryl methyl sites for hydroxylation is 1. The van der Waals surface area contributed by atoms with Crippen LogP contribution in [-0.2, 0) is 16.0 Å². The van der Waals surface area contributed by atoms with Crippen LogP contribution in [-0.4, -0.2) is 89.4 Å². The number of imide groups is 2. The van der Waals surface area contributed by atoms with Gasteiger partial charge in [0, 0.05) is 62.8 Å². The number of piperazine rings is 1. The van der Waals surface area contributed by atoms with Crippen molar-refractivity contribution in [3.63, 3.8) is 0 Å². The second kappa shape index (κ2) is 15.3. The second-order valence-electron chi connectivity index (χ2n) is 17.1. The molecule has 4 aromatic carbocycles. The number of halogens is 1. The molecule has 5 aliphatic rings.